The van der Waals surface area contributed by atoms with E-state index in [4.69, 9.17) is 0 Å². The largest absolute Gasteiger partial charge is 0.305 e. The Morgan fingerprint density at radius 2 is 2.00 bits per heavy atom. The van der Waals surface area contributed by atoms with Crippen LogP contribution in [-0.4, -0.2) is 4.92 Å². The van der Waals surface area contributed by atoms with Gasteiger partial charge in [-0.3, -0.25) is 10.1 Å². The van der Waals surface area contributed by atoms with Crippen molar-refractivity contribution >= 4 is 5.69 Å². The summed E-state index contributed by atoms with van der Waals surface area (Å²) < 4.78 is 13.1. The molecule has 1 aromatic carbocycles. The van der Waals surface area contributed by atoms with Crippen molar-refractivity contribution in [2.45, 2.75) is 27.2 Å². The third-order valence-corrected chi connectivity index (χ3v) is 1.64. The molecule has 1 aromatic rings. The van der Waals surface area contributed by atoms with Crippen LogP contribution in [0.15, 0.2) is 18.2 Å². The lowest BCUT2D eigenvalue weighted by atomic mass is 10.1. The molecule has 0 saturated carbocycles. The van der Waals surface area contributed by atoms with Crippen LogP contribution in [0.2, 0.25) is 0 Å². The van der Waals surface area contributed by atoms with Crippen LogP contribution in [-0.2, 0) is 6.42 Å². The smallest absolute Gasteiger partial charge is 0.258 e. The van der Waals surface area contributed by atoms with E-state index in [1.165, 1.54) is 6.07 Å². The predicted molar refractivity (Wildman–Crippen MR) is 53.8 cm³/mol. The van der Waals surface area contributed by atoms with Gasteiger partial charge in [-0.15, -0.1) is 0 Å². The molecule has 0 bridgehead atoms. The summed E-state index contributed by atoms with van der Waals surface area (Å²) in [6.45, 7) is 5.75. The predicted octanol–water partition coefficient (Wildman–Crippen LogP) is 3.32. The van der Waals surface area contributed by atoms with Gasteiger partial charge in [-0.25, -0.2) is 0 Å². The van der Waals surface area contributed by atoms with Crippen LogP contribution in [0.5, 0.6) is 0 Å². The zero-order valence-electron chi connectivity index (χ0n) is 8.58. The molecule has 0 heterocycles. The summed E-state index contributed by atoms with van der Waals surface area (Å²) in [7, 11) is 0. The molecule has 0 atom stereocenters. The van der Waals surface area contributed by atoms with Crippen LogP contribution in [0.25, 0.3) is 0 Å². The van der Waals surface area contributed by atoms with Gasteiger partial charge in [0.15, 0.2) is 0 Å². The summed E-state index contributed by atoms with van der Waals surface area (Å²) in [6, 6.07) is 4.19. The molecule has 0 radical (unpaired) electrons. The SMILES string of the molecule is CC.CCc1cccc([N+](=O)[O-])c1F. The zero-order valence-corrected chi connectivity index (χ0v) is 8.58. The van der Waals surface area contributed by atoms with Crippen LogP contribution in [0.1, 0.15) is 26.3 Å². The summed E-state index contributed by atoms with van der Waals surface area (Å²) in [5, 5.41) is 10.3. The molecular formula is C10H14FNO2. The lowest BCUT2D eigenvalue weighted by Crippen LogP contribution is -1.95. The van der Waals surface area contributed by atoms with E-state index in [9.17, 15) is 14.5 Å². The summed E-state index contributed by atoms with van der Waals surface area (Å²) in [6.07, 6.45) is 0.466. The Hall–Kier alpha value is -1.45. The quantitative estimate of drug-likeness (QED) is 0.541. The second-order valence-corrected chi connectivity index (χ2v) is 2.36. The molecule has 0 N–H and O–H groups in total. The zero-order chi connectivity index (χ0) is 11.1. The fraction of sp³-hybridized carbons (Fsp3) is 0.400. The first-order valence-corrected chi connectivity index (χ1v) is 4.58. The average Bonchev–Trinajstić information content (AvgIpc) is 2.21. The molecule has 14 heavy (non-hydrogen) atoms. The summed E-state index contributed by atoms with van der Waals surface area (Å²) in [4.78, 5) is 9.54. The molecule has 0 aliphatic heterocycles. The molecule has 0 amide bonds. The number of benzene rings is 1. The van der Waals surface area contributed by atoms with E-state index in [1.807, 2.05) is 13.8 Å². The van der Waals surface area contributed by atoms with Gasteiger partial charge >= 0.3 is 5.69 Å². The van der Waals surface area contributed by atoms with E-state index in [0.717, 1.165) is 6.07 Å². The molecule has 1 rings (SSSR count). The molecule has 0 fully saturated rings. The summed E-state index contributed by atoms with van der Waals surface area (Å²) >= 11 is 0. The summed E-state index contributed by atoms with van der Waals surface area (Å²) in [5.41, 5.74) is -0.0708. The van der Waals surface area contributed by atoms with Gasteiger partial charge in [-0.2, -0.15) is 4.39 Å². The van der Waals surface area contributed by atoms with E-state index in [1.54, 1.807) is 13.0 Å². The standard InChI is InChI=1S/C8H8FNO2.C2H6/c1-2-6-4-3-5-7(8(6)9)10(11)12;1-2/h3-5H,2H2,1H3;1-2H3. The highest BCUT2D eigenvalue weighted by molar-refractivity contribution is 5.36. The Kier molecular flexibility index (Phi) is 5.44. The van der Waals surface area contributed by atoms with Gasteiger partial charge in [0, 0.05) is 6.07 Å². The molecule has 0 spiro atoms. The van der Waals surface area contributed by atoms with Gasteiger partial charge in [0.25, 0.3) is 0 Å². The monoisotopic (exact) mass is 199 g/mol. The highest BCUT2D eigenvalue weighted by Crippen LogP contribution is 2.19. The lowest BCUT2D eigenvalue weighted by molar-refractivity contribution is -0.387. The minimum Gasteiger partial charge on any atom is -0.258 e. The van der Waals surface area contributed by atoms with Gasteiger partial charge in [0.1, 0.15) is 0 Å². The Morgan fingerprint density at radius 3 is 2.43 bits per heavy atom. The third-order valence-electron chi connectivity index (χ3n) is 1.64. The number of halogens is 1. The van der Waals surface area contributed by atoms with E-state index in [0.29, 0.717) is 12.0 Å². The maximum absolute atomic E-state index is 13.1. The van der Waals surface area contributed by atoms with Crippen molar-refractivity contribution in [3.8, 4) is 0 Å². The van der Waals surface area contributed by atoms with Crippen LogP contribution < -0.4 is 0 Å². The highest BCUT2D eigenvalue weighted by Gasteiger charge is 2.15. The second-order valence-electron chi connectivity index (χ2n) is 2.36. The normalized spacial score (nSPS) is 8.86. The molecule has 78 valence electrons. The van der Waals surface area contributed by atoms with Gasteiger partial charge in [0.05, 0.1) is 4.92 Å². The van der Waals surface area contributed by atoms with E-state index in [2.05, 4.69) is 0 Å². The fourth-order valence-corrected chi connectivity index (χ4v) is 0.980. The van der Waals surface area contributed by atoms with Gasteiger partial charge < -0.3 is 0 Å². The van der Waals surface area contributed by atoms with Gasteiger partial charge in [0.2, 0.25) is 5.82 Å². The molecule has 4 heteroatoms. The highest BCUT2D eigenvalue weighted by atomic mass is 19.1. The maximum atomic E-state index is 13.1. The fourth-order valence-electron chi connectivity index (χ4n) is 0.980. The molecule has 0 aromatic heterocycles. The van der Waals surface area contributed by atoms with Crippen LogP contribution in [0.3, 0.4) is 0 Å². The minimum absolute atomic E-state index is 0.379. The molecule has 0 saturated heterocycles. The molecule has 0 aliphatic rings. The molecule has 0 aliphatic carbocycles. The molecule has 3 nitrogen and oxygen atoms in total. The minimum atomic E-state index is -0.718. The lowest BCUT2D eigenvalue weighted by Gasteiger charge is -1.98. The van der Waals surface area contributed by atoms with Crippen LogP contribution >= 0.6 is 0 Å². The number of hydrogen-bond acceptors (Lipinski definition) is 2. The molecular weight excluding hydrogens is 185 g/mol. The van der Waals surface area contributed by atoms with Gasteiger partial charge in [-0.1, -0.05) is 32.9 Å². The number of aryl methyl sites for hydroxylation is 1. The topological polar surface area (TPSA) is 43.1 Å². The Bertz CT molecular complexity index is 313. The first-order valence-electron chi connectivity index (χ1n) is 4.58. The number of hydrogen-bond donors (Lipinski definition) is 0. The number of nitro groups is 1. The maximum Gasteiger partial charge on any atom is 0.305 e. The van der Waals surface area contributed by atoms with Crippen LogP contribution in [0.4, 0.5) is 10.1 Å². The second kappa shape index (κ2) is 6.07. The van der Waals surface area contributed by atoms with Crippen LogP contribution in [0, 0.1) is 15.9 Å². The van der Waals surface area contributed by atoms with Crippen molar-refractivity contribution in [1.82, 2.24) is 0 Å². The van der Waals surface area contributed by atoms with Crippen molar-refractivity contribution in [2.24, 2.45) is 0 Å². The van der Waals surface area contributed by atoms with Crippen molar-refractivity contribution in [2.75, 3.05) is 0 Å². The first-order chi connectivity index (χ1) is 6.66. The van der Waals surface area contributed by atoms with Crippen molar-refractivity contribution in [3.05, 3.63) is 39.7 Å². The van der Waals surface area contributed by atoms with E-state index < -0.39 is 16.4 Å². The Morgan fingerprint density at radius 1 is 1.43 bits per heavy atom. The van der Waals surface area contributed by atoms with E-state index in [-0.39, 0.29) is 0 Å². The van der Waals surface area contributed by atoms with Crippen molar-refractivity contribution in [1.29, 1.82) is 0 Å². The van der Waals surface area contributed by atoms with Crippen molar-refractivity contribution in [3.63, 3.8) is 0 Å². The number of rotatable bonds is 2. The number of nitrogens with zero attached hydrogens (tertiary/aromatic N) is 1. The van der Waals surface area contributed by atoms with Crippen molar-refractivity contribution < 1.29 is 9.31 Å². The number of nitro benzene ring substituents is 1. The average molecular weight is 199 g/mol. The molecule has 0 unspecified atom stereocenters. The Labute approximate surface area is 82.7 Å². The van der Waals surface area contributed by atoms with E-state index >= 15 is 0 Å². The van der Waals surface area contributed by atoms with Gasteiger partial charge in [-0.05, 0) is 12.0 Å². The Balaban J connectivity index is 0.000000791. The first kappa shape index (κ1) is 12.6. The summed E-state index contributed by atoms with van der Waals surface area (Å²) in [5.74, 6) is -0.718. The third kappa shape index (κ3) is 2.80.